The SMILES string of the molecule is Cc1cnn(CC2CCN(C(=O)c3ccc4c(c3)OCCO4)CC2)c1. The van der Waals surface area contributed by atoms with Gasteiger partial charge in [0.15, 0.2) is 11.5 Å². The number of aromatic nitrogens is 2. The molecule has 1 amide bonds. The Morgan fingerprint density at radius 3 is 2.68 bits per heavy atom. The fraction of sp³-hybridized carbons (Fsp3) is 0.474. The number of fused-ring (bicyclic) bond motifs is 1. The zero-order valence-electron chi connectivity index (χ0n) is 14.5. The molecular weight excluding hydrogens is 318 g/mol. The third-order valence-electron chi connectivity index (χ3n) is 4.90. The van der Waals surface area contributed by atoms with Crippen LogP contribution in [0.3, 0.4) is 0 Å². The number of carbonyl (C=O) groups is 1. The molecule has 25 heavy (non-hydrogen) atoms. The van der Waals surface area contributed by atoms with E-state index in [0.29, 0.717) is 30.4 Å². The number of nitrogens with zero attached hydrogens (tertiary/aromatic N) is 3. The smallest absolute Gasteiger partial charge is 0.253 e. The van der Waals surface area contributed by atoms with Crippen molar-refractivity contribution in [2.24, 2.45) is 5.92 Å². The van der Waals surface area contributed by atoms with Gasteiger partial charge in [0.1, 0.15) is 13.2 Å². The maximum atomic E-state index is 12.8. The van der Waals surface area contributed by atoms with Gasteiger partial charge in [0.05, 0.1) is 6.20 Å². The quantitative estimate of drug-likeness (QED) is 0.861. The Labute approximate surface area is 147 Å². The number of aryl methyl sites for hydroxylation is 1. The normalized spacial score (nSPS) is 17.6. The van der Waals surface area contributed by atoms with Gasteiger partial charge in [0.2, 0.25) is 0 Å². The molecule has 0 atom stereocenters. The maximum absolute atomic E-state index is 12.8. The van der Waals surface area contributed by atoms with Gasteiger partial charge < -0.3 is 14.4 Å². The van der Waals surface area contributed by atoms with E-state index in [9.17, 15) is 4.79 Å². The number of amides is 1. The van der Waals surface area contributed by atoms with E-state index >= 15 is 0 Å². The van der Waals surface area contributed by atoms with E-state index < -0.39 is 0 Å². The lowest BCUT2D eigenvalue weighted by Gasteiger charge is -2.32. The molecule has 1 aromatic carbocycles. The first-order valence-corrected chi connectivity index (χ1v) is 8.87. The topological polar surface area (TPSA) is 56.6 Å². The first kappa shape index (κ1) is 16.0. The standard InChI is InChI=1S/C19H23N3O3/c1-14-11-20-22(12-14)13-15-4-6-21(7-5-15)19(23)16-2-3-17-18(10-16)25-9-8-24-17/h2-3,10-12,15H,4-9,13H2,1H3. The molecule has 0 radical (unpaired) electrons. The van der Waals surface area contributed by atoms with Gasteiger partial charge in [-0.1, -0.05) is 0 Å². The van der Waals surface area contributed by atoms with Crippen molar-refractivity contribution in [3.63, 3.8) is 0 Å². The van der Waals surface area contributed by atoms with Crippen molar-refractivity contribution < 1.29 is 14.3 Å². The highest BCUT2D eigenvalue weighted by atomic mass is 16.6. The number of piperidine rings is 1. The minimum Gasteiger partial charge on any atom is -0.486 e. The first-order valence-electron chi connectivity index (χ1n) is 8.87. The number of benzene rings is 1. The van der Waals surface area contributed by atoms with Crippen LogP contribution in [0, 0.1) is 12.8 Å². The molecule has 4 rings (SSSR count). The monoisotopic (exact) mass is 341 g/mol. The van der Waals surface area contributed by atoms with E-state index in [1.54, 1.807) is 6.07 Å². The molecule has 2 aromatic rings. The minimum atomic E-state index is 0.0744. The third kappa shape index (κ3) is 3.48. The van der Waals surface area contributed by atoms with Crippen LogP contribution in [-0.2, 0) is 6.54 Å². The highest BCUT2D eigenvalue weighted by Crippen LogP contribution is 2.31. The second-order valence-corrected chi connectivity index (χ2v) is 6.83. The summed E-state index contributed by atoms with van der Waals surface area (Å²) in [5.41, 5.74) is 1.86. The van der Waals surface area contributed by atoms with Crippen molar-refractivity contribution in [3.05, 3.63) is 41.7 Å². The molecular formula is C19H23N3O3. The average molecular weight is 341 g/mol. The molecule has 1 fully saturated rings. The Bertz CT molecular complexity index is 763. The number of likely N-dealkylation sites (tertiary alicyclic amines) is 1. The van der Waals surface area contributed by atoms with Crippen LogP contribution in [0.2, 0.25) is 0 Å². The van der Waals surface area contributed by atoms with Crippen LogP contribution in [0.25, 0.3) is 0 Å². The molecule has 0 bridgehead atoms. The van der Waals surface area contributed by atoms with Gasteiger partial charge >= 0.3 is 0 Å². The highest BCUT2D eigenvalue weighted by Gasteiger charge is 2.25. The van der Waals surface area contributed by atoms with E-state index in [4.69, 9.17) is 9.47 Å². The van der Waals surface area contributed by atoms with Gasteiger partial charge in [-0.25, -0.2) is 0 Å². The zero-order valence-corrected chi connectivity index (χ0v) is 14.5. The van der Waals surface area contributed by atoms with Gasteiger partial charge in [-0.2, -0.15) is 5.10 Å². The van der Waals surface area contributed by atoms with Crippen LogP contribution < -0.4 is 9.47 Å². The Hall–Kier alpha value is -2.50. The second-order valence-electron chi connectivity index (χ2n) is 6.83. The molecule has 0 N–H and O–H groups in total. The molecule has 1 aromatic heterocycles. The summed E-state index contributed by atoms with van der Waals surface area (Å²) in [6, 6.07) is 5.46. The maximum Gasteiger partial charge on any atom is 0.253 e. The lowest BCUT2D eigenvalue weighted by Crippen LogP contribution is -2.39. The summed E-state index contributed by atoms with van der Waals surface area (Å²) >= 11 is 0. The van der Waals surface area contributed by atoms with E-state index in [1.165, 1.54) is 5.56 Å². The highest BCUT2D eigenvalue weighted by molar-refractivity contribution is 5.95. The molecule has 0 spiro atoms. The summed E-state index contributed by atoms with van der Waals surface area (Å²) in [5.74, 6) is 2.03. The molecule has 3 heterocycles. The summed E-state index contributed by atoms with van der Waals surface area (Å²) in [6.45, 7) is 5.65. The van der Waals surface area contributed by atoms with Crippen molar-refractivity contribution in [3.8, 4) is 11.5 Å². The van der Waals surface area contributed by atoms with Crippen LogP contribution in [0.5, 0.6) is 11.5 Å². The summed E-state index contributed by atoms with van der Waals surface area (Å²) in [5, 5.41) is 4.36. The van der Waals surface area contributed by atoms with Gasteiger partial charge in [0.25, 0.3) is 5.91 Å². The molecule has 0 unspecified atom stereocenters. The molecule has 6 nitrogen and oxygen atoms in total. The van der Waals surface area contributed by atoms with Gasteiger partial charge in [-0.15, -0.1) is 0 Å². The zero-order chi connectivity index (χ0) is 17.2. The van der Waals surface area contributed by atoms with Crippen molar-refractivity contribution >= 4 is 5.91 Å². The molecule has 1 saturated heterocycles. The van der Waals surface area contributed by atoms with E-state index in [2.05, 4.69) is 18.2 Å². The van der Waals surface area contributed by atoms with Crippen LogP contribution in [-0.4, -0.2) is 46.9 Å². The summed E-state index contributed by atoms with van der Waals surface area (Å²) in [6.07, 6.45) is 5.98. The number of hydrogen-bond donors (Lipinski definition) is 0. The van der Waals surface area contributed by atoms with Crippen LogP contribution >= 0.6 is 0 Å². The molecule has 2 aliphatic heterocycles. The number of hydrogen-bond acceptors (Lipinski definition) is 4. The average Bonchev–Trinajstić information content (AvgIpc) is 3.06. The predicted molar refractivity (Wildman–Crippen MR) is 93.0 cm³/mol. The van der Waals surface area contributed by atoms with Gasteiger partial charge in [-0.3, -0.25) is 9.48 Å². The molecule has 132 valence electrons. The lowest BCUT2D eigenvalue weighted by atomic mass is 9.96. The van der Waals surface area contributed by atoms with E-state index in [1.807, 2.05) is 27.9 Å². The molecule has 6 heteroatoms. The Morgan fingerprint density at radius 1 is 1.20 bits per heavy atom. The molecule has 0 saturated carbocycles. The van der Waals surface area contributed by atoms with Crippen LogP contribution in [0.1, 0.15) is 28.8 Å². The second kappa shape index (κ2) is 6.78. The minimum absolute atomic E-state index is 0.0744. The summed E-state index contributed by atoms with van der Waals surface area (Å²) in [7, 11) is 0. The van der Waals surface area contributed by atoms with Crippen molar-refractivity contribution in [1.82, 2.24) is 14.7 Å². The van der Waals surface area contributed by atoms with Crippen molar-refractivity contribution in [2.75, 3.05) is 26.3 Å². The first-order chi connectivity index (χ1) is 12.2. The summed E-state index contributed by atoms with van der Waals surface area (Å²) in [4.78, 5) is 14.7. The molecule has 2 aliphatic rings. The Morgan fingerprint density at radius 2 is 1.96 bits per heavy atom. The lowest BCUT2D eigenvalue weighted by molar-refractivity contribution is 0.0680. The van der Waals surface area contributed by atoms with Crippen LogP contribution in [0.15, 0.2) is 30.6 Å². The van der Waals surface area contributed by atoms with Crippen LogP contribution in [0.4, 0.5) is 0 Å². The summed E-state index contributed by atoms with van der Waals surface area (Å²) < 4.78 is 13.1. The van der Waals surface area contributed by atoms with Gasteiger partial charge in [0, 0.05) is 31.4 Å². The third-order valence-corrected chi connectivity index (χ3v) is 4.90. The Kier molecular flexibility index (Phi) is 4.34. The van der Waals surface area contributed by atoms with E-state index in [-0.39, 0.29) is 5.91 Å². The number of carbonyl (C=O) groups excluding carboxylic acids is 1. The Balaban J connectivity index is 1.36. The van der Waals surface area contributed by atoms with Crippen molar-refractivity contribution in [1.29, 1.82) is 0 Å². The molecule has 0 aliphatic carbocycles. The fourth-order valence-corrected chi connectivity index (χ4v) is 3.51. The largest absolute Gasteiger partial charge is 0.486 e. The van der Waals surface area contributed by atoms with Crippen molar-refractivity contribution in [2.45, 2.75) is 26.3 Å². The fourth-order valence-electron chi connectivity index (χ4n) is 3.51. The van der Waals surface area contributed by atoms with E-state index in [0.717, 1.165) is 38.2 Å². The predicted octanol–water partition coefficient (Wildman–Crippen LogP) is 2.52. The van der Waals surface area contributed by atoms with Gasteiger partial charge in [-0.05, 0) is 49.4 Å². The number of rotatable bonds is 3. The number of ether oxygens (including phenoxy) is 2.